The fourth-order valence-electron chi connectivity index (χ4n) is 1.41. The Labute approximate surface area is 80.8 Å². The molecule has 1 unspecified atom stereocenters. The molecule has 0 spiro atoms. The number of H-pyrrole nitrogens is 1. The van der Waals surface area contributed by atoms with Gasteiger partial charge in [0.05, 0.1) is 6.20 Å². The third-order valence-electron chi connectivity index (χ3n) is 2.08. The maximum Gasteiger partial charge on any atom is 0.100 e. The van der Waals surface area contributed by atoms with Gasteiger partial charge in [-0.05, 0) is 12.0 Å². The molecule has 68 valence electrons. The van der Waals surface area contributed by atoms with Crippen molar-refractivity contribution < 1.29 is 0 Å². The van der Waals surface area contributed by atoms with Crippen molar-refractivity contribution in [3.63, 3.8) is 0 Å². The first-order valence-electron chi connectivity index (χ1n) is 4.30. The third-order valence-corrected chi connectivity index (χ3v) is 2.97. The molecule has 2 aromatic rings. The summed E-state index contributed by atoms with van der Waals surface area (Å²) in [6, 6.07) is 0. The minimum absolute atomic E-state index is 0.402. The summed E-state index contributed by atoms with van der Waals surface area (Å²) in [7, 11) is 0. The predicted molar refractivity (Wildman–Crippen MR) is 52.8 cm³/mol. The Morgan fingerprint density at radius 1 is 1.62 bits per heavy atom. The zero-order valence-corrected chi connectivity index (χ0v) is 8.21. The van der Waals surface area contributed by atoms with E-state index in [2.05, 4.69) is 22.1 Å². The summed E-state index contributed by atoms with van der Waals surface area (Å²) < 4.78 is 0. The van der Waals surface area contributed by atoms with Crippen LogP contribution in [0.1, 0.15) is 29.8 Å². The second kappa shape index (κ2) is 3.70. The van der Waals surface area contributed by atoms with Gasteiger partial charge in [0.1, 0.15) is 5.01 Å². The van der Waals surface area contributed by atoms with Crippen LogP contribution in [-0.2, 0) is 0 Å². The van der Waals surface area contributed by atoms with E-state index in [1.54, 1.807) is 11.3 Å². The SMILES string of the molecule is CCC(c1cn[nH]c1)c1nccs1. The van der Waals surface area contributed by atoms with Crippen molar-refractivity contribution in [2.75, 3.05) is 0 Å². The third kappa shape index (κ3) is 1.62. The number of thiazole rings is 1. The number of aromatic amines is 1. The van der Waals surface area contributed by atoms with Gasteiger partial charge in [0.25, 0.3) is 0 Å². The van der Waals surface area contributed by atoms with E-state index in [0.29, 0.717) is 5.92 Å². The monoisotopic (exact) mass is 193 g/mol. The highest BCUT2D eigenvalue weighted by Gasteiger charge is 2.14. The highest BCUT2D eigenvalue weighted by Crippen LogP contribution is 2.27. The van der Waals surface area contributed by atoms with Crippen LogP contribution in [0.4, 0.5) is 0 Å². The van der Waals surface area contributed by atoms with Gasteiger partial charge in [0.15, 0.2) is 0 Å². The molecule has 2 heterocycles. The average Bonchev–Trinajstić information content (AvgIpc) is 2.76. The van der Waals surface area contributed by atoms with E-state index in [-0.39, 0.29) is 0 Å². The van der Waals surface area contributed by atoms with Gasteiger partial charge in [-0.1, -0.05) is 6.92 Å². The number of nitrogens with zero attached hydrogens (tertiary/aromatic N) is 2. The second-order valence-electron chi connectivity index (χ2n) is 2.86. The molecular weight excluding hydrogens is 182 g/mol. The molecular formula is C9H11N3S. The highest BCUT2D eigenvalue weighted by molar-refractivity contribution is 7.09. The summed E-state index contributed by atoms with van der Waals surface area (Å²) in [5, 5.41) is 9.97. The lowest BCUT2D eigenvalue weighted by Gasteiger charge is -2.07. The first-order valence-corrected chi connectivity index (χ1v) is 5.18. The van der Waals surface area contributed by atoms with Crippen LogP contribution in [0.5, 0.6) is 0 Å². The summed E-state index contributed by atoms with van der Waals surface area (Å²) in [6.07, 6.45) is 6.72. The van der Waals surface area contributed by atoms with Crippen LogP contribution in [0.3, 0.4) is 0 Å². The lowest BCUT2D eigenvalue weighted by atomic mass is 10.0. The zero-order valence-electron chi connectivity index (χ0n) is 7.40. The van der Waals surface area contributed by atoms with Crippen LogP contribution in [0, 0.1) is 0 Å². The van der Waals surface area contributed by atoms with Crippen molar-refractivity contribution in [1.29, 1.82) is 0 Å². The van der Waals surface area contributed by atoms with E-state index in [1.165, 1.54) is 10.6 Å². The lowest BCUT2D eigenvalue weighted by Crippen LogP contribution is -1.96. The lowest BCUT2D eigenvalue weighted by molar-refractivity contribution is 0.770. The summed E-state index contributed by atoms with van der Waals surface area (Å²) in [4.78, 5) is 4.32. The fraction of sp³-hybridized carbons (Fsp3) is 0.333. The fourth-order valence-corrected chi connectivity index (χ4v) is 2.26. The maximum atomic E-state index is 4.32. The van der Waals surface area contributed by atoms with E-state index < -0.39 is 0 Å². The molecule has 4 heteroatoms. The van der Waals surface area contributed by atoms with Gasteiger partial charge in [0, 0.05) is 23.7 Å². The Bertz CT molecular complexity index is 305. The van der Waals surface area contributed by atoms with E-state index in [0.717, 1.165) is 6.42 Å². The Balaban J connectivity index is 2.29. The second-order valence-corrected chi connectivity index (χ2v) is 3.79. The van der Waals surface area contributed by atoms with Crippen LogP contribution in [0.25, 0.3) is 0 Å². The first kappa shape index (κ1) is 8.44. The quantitative estimate of drug-likeness (QED) is 0.813. The van der Waals surface area contributed by atoms with Gasteiger partial charge in [-0.2, -0.15) is 5.10 Å². The normalized spacial score (nSPS) is 13.0. The number of nitrogens with one attached hydrogen (secondary N) is 1. The largest absolute Gasteiger partial charge is 0.285 e. The molecule has 1 N–H and O–H groups in total. The predicted octanol–water partition coefficient (Wildman–Crippen LogP) is 2.41. The van der Waals surface area contributed by atoms with Crippen molar-refractivity contribution in [3.8, 4) is 0 Å². The molecule has 13 heavy (non-hydrogen) atoms. The van der Waals surface area contributed by atoms with Crippen molar-refractivity contribution in [2.24, 2.45) is 0 Å². The molecule has 0 aliphatic carbocycles. The molecule has 0 saturated heterocycles. The smallest absolute Gasteiger partial charge is 0.100 e. The maximum absolute atomic E-state index is 4.32. The molecule has 0 aliphatic heterocycles. The molecule has 1 atom stereocenters. The van der Waals surface area contributed by atoms with E-state index in [9.17, 15) is 0 Å². The molecule has 3 nitrogen and oxygen atoms in total. The Hall–Kier alpha value is -1.16. The van der Waals surface area contributed by atoms with E-state index >= 15 is 0 Å². The summed E-state index contributed by atoms with van der Waals surface area (Å²) in [6.45, 7) is 2.17. The van der Waals surface area contributed by atoms with E-state index in [1.807, 2.05) is 24.0 Å². The Morgan fingerprint density at radius 2 is 2.54 bits per heavy atom. The van der Waals surface area contributed by atoms with Gasteiger partial charge < -0.3 is 0 Å². The molecule has 0 aromatic carbocycles. The van der Waals surface area contributed by atoms with Gasteiger partial charge in [-0.3, -0.25) is 5.10 Å². The minimum atomic E-state index is 0.402. The highest BCUT2D eigenvalue weighted by atomic mass is 32.1. The van der Waals surface area contributed by atoms with Gasteiger partial charge >= 0.3 is 0 Å². The van der Waals surface area contributed by atoms with Gasteiger partial charge in [-0.15, -0.1) is 11.3 Å². The van der Waals surface area contributed by atoms with Crippen molar-refractivity contribution in [1.82, 2.24) is 15.2 Å². The van der Waals surface area contributed by atoms with Gasteiger partial charge in [0.2, 0.25) is 0 Å². The van der Waals surface area contributed by atoms with Crippen molar-refractivity contribution in [3.05, 3.63) is 34.5 Å². The molecule has 0 fully saturated rings. The molecule has 0 amide bonds. The standard InChI is InChI=1S/C9H11N3S/c1-2-8(7-5-11-12-6-7)9-10-3-4-13-9/h3-6,8H,2H2,1H3,(H,11,12). The summed E-state index contributed by atoms with van der Waals surface area (Å²) in [5.41, 5.74) is 1.22. The Morgan fingerprint density at radius 3 is 3.08 bits per heavy atom. The molecule has 0 bridgehead atoms. The zero-order chi connectivity index (χ0) is 9.10. The number of rotatable bonds is 3. The topological polar surface area (TPSA) is 41.6 Å². The molecule has 2 aromatic heterocycles. The summed E-state index contributed by atoms with van der Waals surface area (Å²) in [5.74, 6) is 0.402. The molecule has 0 radical (unpaired) electrons. The molecule has 0 aliphatic rings. The minimum Gasteiger partial charge on any atom is -0.285 e. The van der Waals surface area contributed by atoms with Crippen molar-refractivity contribution in [2.45, 2.75) is 19.3 Å². The number of hydrogen-bond acceptors (Lipinski definition) is 3. The van der Waals surface area contributed by atoms with Crippen LogP contribution in [0.15, 0.2) is 24.0 Å². The van der Waals surface area contributed by atoms with Crippen LogP contribution in [0.2, 0.25) is 0 Å². The van der Waals surface area contributed by atoms with Crippen LogP contribution >= 0.6 is 11.3 Å². The van der Waals surface area contributed by atoms with Crippen LogP contribution < -0.4 is 0 Å². The van der Waals surface area contributed by atoms with Gasteiger partial charge in [-0.25, -0.2) is 4.98 Å². The average molecular weight is 193 g/mol. The van der Waals surface area contributed by atoms with E-state index in [4.69, 9.17) is 0 Å². The molecule has 0 saturated carbocycles. The Kier molecular flexibility index (Phi) is 2.40. The number of aromatic nitrogens is 3. The van der Waals surface area contributed by atoms with Crippen LogP contribution in [-0.4, -0.2) is 15.2 Å². The summed E-state index contributed by atoms with van der Waals surface area (Å²) >= 11 is 1.70. The van der Waals surface area contributed by atoms with Crippen molar-refractivity contribution >= 4 is 11.3 Å². The first-order chi connectivity index (χ1) is 6.42. The molecule has 2 rings (SSSR count). The number of hydrogen-bond donors (Lipinski definition) is 1.